The molecule has 3 rings (SSSR count). The van der Waals surface area contributed by atoms with Gasteiger partial charge in [0.2, 0.25) is 0 Å². The van der Waals surface area contributed by atoms with E-state index in [0.29, 0.717) is 19.7 Å². The summed E-state index contributed by atoms with van der Waals surface area (Å²) in [5.41, 5.74) is 5.86. The Morgan fingerprint density at radius 2 is 1.80 bits per heavy atom. The molecule has 0 spiro atoms. The molecule has 25 heavy (non-hydrogen) atoms. The third-order valence-electron chi connectivity index (χ3n) is 4.70. The lowest BCUT2D eigenvalue weighted by molar-refractivity contribution is -0.147. The van der Waals surface area contributed by atoms with Crippen molar-refractivity contribution in [1.29, 1.82) is 0 Å². The molecule has 0 radical (unpaired) electrons. The van der Waals surface area contributed by atoms with Gasteiger partial charge in [0.1, 0.15) is 12.4 Å². The summed E-state index contributed by atoms with van der Waals surface area (Å²) in [7, 11) is 0. The summed E-state index contributed by atoms with van der Waals surface area (Å²) >= 11 is 0. The van der Waals surface area contributed by atoms with Crippen LogP contribution < -0.4 is 4.74 Å². The number of carboxylic acid groups (broad SMARTS) is 1. The number of nitrogens with zero attached hydrogens (tertiary/aromatic N) is 1. The van der Waals surface area contributed by atoms with Crippen LogP contribution in [0, 0.1) is 26.7 Å². The zero-order chi connectivity index (χ0) is 18.0. The van der Waals surface area contributed by atoms with Crippen molar-refractivity contribution in [1.82, 2.24) is 4.90 Å². The number of carbonyl (C=O) groups is 1. The molecule has 1 heterocycles. The standard InChI is InChI=1S/C21H25NO3/c1-14-5-4-6-17(7-14)13-25-20-15(2)8-18(9-16(20)3)10-22-11-19(12-22)21(23)24/h4-9,19H,10-13H2,1-3H3,(H,23,24). The second-order valence-electron chi connectivity index (χ2n) is 7.07. The molecule has 132 valence electrons. The maximum Gasteiger partial charge on any atom is 0.309 e. The molecule has 0 atom stereocenters. The van der Waals surface area contributed by atoms with Crippen molar-refractivity contribution in [3.8, 4) is 5.75 Å². The molecule has 0 unspecified atom stereocenters. The van der Waals surface area contributed by atoms with Crippen LogP contribution in [0.1, 0.15) is 27.8 Å². The first-order chi connectivity index (χ1) is 11.9. The van der Waals surface area contributed by atoms with Crippen LogP contribution in [-0.2, 0) is 17.9 Å². The highest BCUT2D eigenvalue weighted by Crippen LogP contribution is 2.28. The Bertz CT molecular complexity index is 755. The molecule has 0 saturated carbocycles. The van der Waals surface area contributed by atoms with E-state index in [9.17, 15) is 4.79 Å². The number of benzene rings is 2. The average Bonchev–Trinajstić information content (AvgIpc) is 2.49. The largest absolute Gasteiger partial charge is 0.488 e. The number of carboxylic acids is 1. The number of hydrogen-bond acceptors (Lipinski definition) is 3. The van der Waals surface area contributed by atoms with Gasteiger partial charge in [0.25, 0.3) is 0 Å². The Labute approximate surface area is 149 Å². The fourth-order valence-electron chi connectivity index (χ4n) is 3.43. The lowest BCUT2D eigenvalue weighted by atomic mass is 9.98. The fourth-order valence-corrected chi connectivity index (χ4v) is 3.43. The SMILES string of the molecule is Cc1cccc(COc2c(C)cc(CN3CC(C(=O)O)C3)cc2C)c1. The fraction of sp³-hybridized carbons (Fsp3) is 0.381. The quantitative estimate of drug-likeness (QED) is 0.872. The summed E-state index contributed by atoms with van der Waals surface area (Å²) in [6.07, 6.45) is 0. The van der Waals surface area contributed by atoms with E-state index in [-0.39, 0.29) is 5.92 Å². The number of aliphatic carboxylic acids is 1. The van der Waals surface area contributed by atoms with E-state index in [0.717, 1.165) is 23.4 Å². The first-order valence-corrected chi connectivity index (χ1v) is 8.66. The molecular formula is C21H25NO3. The van der Waals surface area contributed by atoms with E-state index >= 15 is 0 Å². The van der Waals surface area contributed by atoms with Crippen LogP contribution in [0.4, 0.5) is 0 Å². The van der Waals surface area contributed by atoms with E-state index in [2.05, 4.69) is 56.0 Å². The van der Waals surface area contributed by atoms with Crippen molar-refractivity contribution in [3.05, 3.63) is 64.2 Å². The van der Waals surface area contributed by atoms with Gasteiger partial charge in [-0.1, -0.05) is 42.0 Å². The summed E-state index contributed by atoms with van der Waals surface area (Å²) in [6, 6.07) is 12.6. The molecule has 4 nitrogen and oxygen atoms in total. The van der Waals surface area contributed by atoms with Crippen LogP contribution in [0.5, 0.6) is 5.75 Å². The molecule has 4 heteroatoms. The van der Waals surface area contributed by atoms with Crippen molar-refractivity contribution in [3.63, 3.8) is 0 Å². The first kappa shape index (κ1) is 17.5. The predicted molar refractivity (Wildman–Crippen MR) is 97.8 cm³/mol. The summed E-state index contributed by atoms with van der Waals surface area (Å²) in [5.74, 6) is 0.0416. The normalized spacial score (nSPS) is 15.0. The summed E-state index contributed by atoms with van der Waals surface area (Å²) in [5, 5.41) is 8.97. The zero-order valence-corrected chi connectivity index (χ0v) is 15.1. The van der Waals surface area contributed by atoms with E-state index in [1.807, 2.05) is 6.07 Å². The summed E-state index contributed by atoms with van der Waals surface area (Å²) in [6.45, 7) is 8.85. The average molecular weight is 339 g/mol. The van der Waals surface area contributed by atoms with E-state index < -0.39 is 5.97 Å². The summed E-state index contributed by atoms with van der Waals surface area (Å²) in [4.78, 5) is 13.1. The number of rotatable bonds is 6. The molecular weight excluding hydrogens is 314 g/mol. The Morgan fingerprint density at radius 3 is 2.40 bits per heavy atom. The second kappa shape index (κ2) is 7.28. The maximum absolute atomic E-state index is 10.9. The smallest absolute Gasteiger partial charge is 0.309 e. The van der Waals surface area contributed by atoms with Gasteiger partial charge in [-0.3, -0.25) is 9.69 Å². The van der Waals surface area contributed by atoms with Crippen molar-refractivity contribution in [2.45, 2.75) is 33.9 Å². The van der Waals surface area contributed by atoms with Crippen LogP contribution in [0.2, 0.25) is 0 Å². The van der Waals surface area contributed by atoms with E-state index in [1.165, 1.54) is 16.7 Å². The Balaban J connectivity index is 1.63. The Hall–Kier alpha value is -2.33. The minimum atomic E-state index is -0.691. The molecule has 2 aromatic rings. The molecule has 1 aliphatic rings. The lowest BCUT2D eigenvalue weighted by Gasteiger charge is -2.36. The lowest BCUT2D eigenvalue weighted by Crippen LogP contribution is -2.49. The highest BCUT2D eigenvalue weighted by molar-refractivity contribution is 5.71. The first-order valence-electron chi connectivity index (χ1n) is 8.66. The second-order valence-corrected chi connectivity index (χ2v) is 7.07. The van der Waals surface area contributed by atoms with Crippen molar-refractivity contribution in [2.75, 3.05) is 13.1 Å². The molecule has 1 fully saturated rings. The van der Waals surface area contributed by atoms with Crippen molar-refractivity contribution < 1.29 is 14.6 Å². The molecule has 0 aromatic heterocycles. The number of hydrogen-bond donors (Lipinski definition) is 1. The van der Waals surface area contributed by atoms with Gasteiger partial charge in [0.05, 0.1) is 5.92 Å². The van der Waals surface area contributed by atoms with Crippen LogP contribution in [-0.4, -0.2) is 29.1 Å². The van der Waals surface area contributed by atoms with Gasteiger partial charge in [-0.05, 0) is 43.0 Å². The van der Waals surface area contributed by atoms with E-state index in [4.69, 9.17) is 9.84 Å². The molecule has 0 aliphatic carbocycles. The predicted octanol–water partition coefficient (Wildman–Crippen LogP) is 3.71. The third-order valence-corrected chi connectivity index (χ3v) is 4.70. The topological polar surface area (TPSA) is 49.8 Å². The monoisotopic (exact) mass is 339 g/mol. The van der Waals surface area contributed by atoms with Crippen molar-refractivity contribution >= 4 is 5.97 Å². The maximum atomic E-state index is 10.9. The Morgan fingerprint density at radius 1 is 1.12 bits per heavy atom. The van der Waals surface area contributed by atoms with Gasteiger partial charge in [-0.2, -0.15) is 0 Å². The minimum Gasteiger partial charge on any atom is -0.488 e. The number of ether oxygens (including phenoxy) is 1. The zero-order valence-electron chi connectivity index (χ0n) is 15.1. The molecule has 0 amide bonds. The van der Waals surface area contributed by atoms with Crippen LogP contribution >= 0.6 is 0 Å². The molecule has 2 aromatic carbocycles. The van der Waals surface area contributed by atoms with Gasteiger partial charge in [-0.15, -0.1) is 0 Å². The highest BCUT2D eigenvalue weighted by atomic mass is 16.5. The van der Waals surface area contributed by atoms with E-state index in [1.54, 1.807) is 0 Å². The molecule has 1 aliphatic heterocycles. The van der Waals surface area contributed by atoms with Crippen LogP contribution in [0.3, 0.4) is 0 Å². The van der Waals surface area contributed by atoms with Gasteiger partial charge in [0.15, 0.2) is 0 Å². The molecule has 0 bridgehead atoms. The van der Waals surface area contributed by atoms with Crippen molar-refractivity contribution in [2.24, 2.45) is 5.92 Å². The highest BCUT2D eigenvalue weighted by Gasteiger charge is 2.32. The molecule has 1 N–H and O–H groups in total. The van der Waals surface area contributed by atoms with Gasteiger partial charge < -0.3 is 9.84 Å². The van der Waals surface area contributed by atoms with Gasteiger partial charge >= 0.3 is 5.97 Å². The summed E-state index contributed by atoms with van der Waals surface area (Å²) < 4.78 is 6.07. The van der Waals surface area contributed by atoms with Crippen LogP contribution in [0.15, 0.2) is 36.4 Å². The number of likely N-dealkylation sites (tertiary alicyclic amines) is 1. The minimum absolute atomic E-state index is 0.209. The van der Waals surface area contributed by atoms with Gasteiger partial charge in [0, 0.05) is 19.6 Å². The third kappa shape index (κ3) is 4.20. The Kier molecular flexibility index (Phi) is 5.09. The van der Waals surface area contributed by atoms with Crippen LogP contribution in [0.25, 0.3) is 0 Å². The molecule has 1 saturated heterocycles. The number of aryl methyl sites for hydroxylation is 3. The van der Waals surface area contributed by atoms with Gasteiger partial charge in [-0.25, -0.2) is 0 Å².